The van der Waals surface area contributed by atoms with Crippen LogP contribution in [0.15, 0.2) is 36.5 Å². The summed E-state index contributed by atoms with van der Waals surface area (Å²) >= 11 is 0. The number of ether oxygens (including phenoxy) is 2. The van der Waals surface area contributed by atoms with Crippen LogP contribution in [0.1, 0.15) is 16.7 Å². The van der Waals surface area contributed by atoms with Crippen molar-refractivity contribution in [3.05, 3.63) is 53.2 Å². The Hall–Kier alpha value is -2.51. The largest absolute Gasteiger partial charge is 0.489 e. The fourth-order valence-electron chi connectivity index (χ4n) is 1.89. The Morgan fingerprint density at radius 3 is 2.86 bits per heavy atom. The third-order valence-corrected chi connectivity index (χ3v) is 2.96. The summed E-state index contributed by atoms with van der Waals surface area (Å²) < 4.78 is 11.0. The number of nitrogens with zero attached hydrogens (tertiary/aromatic N) is 1. The maximum absolute atomic E-state index is 5.78. The third-order valence-electron chi connectivity index (χ3n) is 2.96. The van der Waals surface area contributed by atoms with E-state index < -0.39 is 0 Å². The summed E-state index contributed by atoms with van der Waals surface area (Å²) in [7, 11) is 1.60. The van der Waals surface area contributed by atoms with Gasteiger partial charge in [0, 0.05) is 11.8 Å². The lowest BCUT2D eigenvalue weighted by molar-refractivity contribution is 0.293. The van der Waals surface area contributed by atoms with Gasteiger partial charge in [-0.15, -0.1) is 0 Å². The van der Waals surface area contributed by atoms with E-state index in [1.165, 1.54) is 0 Å². The average molecular weight is 282 g/mol. The van der Waals surface area contributed by atoms with Crippen LogP contribution in [0, 0.1) is 18.8 Å². The predicted molar refractivity (Wildman–Crippen MR) is 82.2 cm³/mol. The lowest BCUT2D eigenvalue weighted by atomic mass is 10.1. The molecular weight excluding hydrogens is 264 g/mol. The van der Waals surface area contributed by atoms with Crippen LogP contribution >= 0.6 is 0 Å². The summed E-state index contributed by atoms with van der Waals surface area (Å²) in [5.41, 5.74) is 8.31. The van der Waals surface area contributed by atoms with Crippen molar-refractivity contribution < 1.29 is 9.47 Å². The molecule has 0 aliphatic heterocycles. The molecule has 1 aromatic carbocycles. The molecule has 2 rings (SSSR count). The molecule has 108 valence electrons. The minimum atomic E-state index is 0.360. The number of methoxy groups -OCH3 is 1. The molecule has 2 N–H and O–H groups in total. The van der Waals surface area contributed by atoms with Crippen molar-refractivity contribution in [1.82, 2.24) is 4.98 Å². The second-order valence-electron chi connectivity index (χ2n) is 4.44. The predicted octanol–water partition coefficient (Wildman–Crippen LogP) is 2.29. The molecule has 0 saturated heterocycles. The average Bonchev–Trinajstić information content (AvgIpc) is 2.52. The molecule has 2 aromatic rings. The van der Waals surface area contributed by atoms with Gasteiger partial charge in [-0.2, -0.15) is 0 Å². The van der Waals surface area contributed by atoms with Crippen LogP contribution in [0.3, 0.4) is 0 Å². The van der Waals surface area contributed by atoms with Crippen molar-refractivity contribution >= 4 is 0 Å². The van der Waals surface area contributed by atoms with Crippen molar-refractivity contribution in [2.24, 2.45) is 5.73 Å². The lowest BCUT2D eigenvalue weighted by Gasteiger charge is -2.10. The van der Waals surface area contributed by atoms with Gasteiger partial charge >= 0.3 is 0 Å². The second-order valence-corrected chi connectivity index (χ2v) is 4.44. The van der Waals surface area contributed by atoms with E-state index in [1.54, 1.807) is 13.3 Å². The van der Waals surface area contributed by atoms with Crippen molar-refractivity contribution in [3.63, 3.8) is 0 Å². The molecule has 0 amide bonds. The number of hydrogen-bond acceptors (Lipinski definition) is 4. The van der Waals surface area contributed by atoms with E-state index in [-0.39, 0.29) is 0 Å². The number of rotatable bonds is 4. The summed E-state index contributed by atoms with van der Waals surface area (Å²) in [6.45, 7) is 2.76. The summed E-state index contributed by atoms with van der Waals surface area (Å²) in [6, 6.07) is 9.59. The number of hydrogen-bond donors (Lipinski definition) is 1. The highest BCUT2D eigenvalue weighted by molar-refractivity contribution is 5.45. The monoisotopic (exact) mass is 282 g/mol. The van der Waals surface area contributed by atoms with Crippen LogP contribution in [0.4, 0.5) is 0 Å². The zero-order chi connectivity index (χ0) is 15.1. The molecule has 0 bridgehead atoms. The first-order valence-corrected chi connectivity index (χ1v) is 6.65. The van der Waals surface area contributed by atoms with E-state index in [9.17, 15) is 0 Å². The van der Waals surface area contributed by atoms with E-state index in [2.05, 4.69) is 16.8 Å². The molecule has 0 aliphatic rings. The Labute approximate surface area is 124 Å². The highest BCUT2D eigenvalue weighted by Gasteiger charge is 2.05. The Morgan fingerprint density at radius 1 is 1.29 bits per heavy atom. The number of nitrogens with two attached hydrogens (primary N) is 1. The maximum Gasteiger partial charge on any atom is 0.219 e. The van der Waals surface area contributed by atoms with Gasteiger partial charge in [0.2, 0.25) is 5.88 Å². The summed E-state index contributed by atoms with van der Waals surface area (Å²) in [4.78, 5) is 4.14. The van der Waals surface area contributed by atoms with Gasteiger partial charge in [0.15, 0.2) is 0 Å². The van der Waals surface area contributed by atoms with Gasteiger partial charge in [0.25, 0.3) is 0 Å². The van der Waals surface area contributed by atoms with Gasteiger partial charge in [-0.05, 0) is 42.8 Å². The summed E-state index contributed by atoms with van der Waals surface area (Å²) in [6.07, 6.45) is 1.69. The van der Waals surface area contributed by atoms with Gasteiger partial charge in [-0.3, -0.25) is 0 Å². The Balaban J connectivity index is 2.08. The fraction of sp³-hybridized carbons (Fsp3) is 0.235. The maximum atomic E-state index is 5.78. The van der Waals surface area contributed by atoms with Crippen molar-refractivity contribution in [1.29, 1.82) is 0 Å². The standard InChI is InChI=1S/C17H18N2O2/c1-13-11-16(8-7-14(13)5-3-9-18)21-12-15-6-4-10-19-17(15)20-2/h4,6-8,10-11H,9,12,18H2,1-2H3. The van der Waals surface area contributed by atoms with Gasteiger partial charge in [-0.25, -0.2) is 4.98 Å². The molecule has 1 heterocycles. The lowest BCUT2D eigenvalue weighted by Crippen LogP contribution is -2.00. The zero-order valence-electron chi connectivity index (χ0n) is 12.2. The first-order valence-electron chi connectivity index (χ1n) is 6.65. The molecule has 0 unspecified atom stereocenters. The van der Waals surface area contributed by atoms with E-state index in [4.69, 9.17) is 15.2 Å². The van der Waals surface area contributed by atoms with Crippen LogP contribution in [-0.4, -0.2) is 18.6 Å². The first kappa shape index (κ1) is 14.9. The SMILES string of the molecule is COc1ncccc1COc1ccc(C#CCN)c(C)c1. The Morgan fingerprint density at radius 2 is 2.14 bits per heavy atom. The Kier molecular flexibility index (Phi) is 5.19. The van der Waals surface area contributed by atoms with E-state index in [0.717, 1.165) is 22.4 Å². The van der Waals surface area contributed by atoms with Gasteiger partial charge in [0.05, 0.1) is 19.2 Å². The van der Waals surface area contributed by atoms with Crippen LogP contribution in [0.5, 0.6) is 11.6 Å². The minimum Gasteiger partial charge on any atom is -0.489 e. The van der Waals surface area contributed by atoms with Crippen molar-refractivity contribution in [2.45, 2.75) is 13.5 Å². The molecular formula is C17H18N2O2. The van der Waals surface area contributed by atoms with E-state index in [0.29, 0.717) is 19.0 Å². The molecule has 21 heavy (non-hydrogen) atoms. The van der Waals surface area contributed by atoms with Gasteiger partial charge < -0.3 is 15.2 Å². The molecule has 0 atom stereocenters. The highest BCUT2D eigenvalue weighted by atomic mass is 16.5. The molecule has 1 aromatic heterocycles. The molecule has 0 radical (unpaired) electrons. The van der Waals surface area contributed by atoms with Gasteiger partial charge in [0.1, 0.15) is 12.4 Å². The topological polar surface area (TPSA) is 57.4 Å². The van der Waals surface area contributed by atoms with Crippen LogP contribution in [0.2, 0.25) is 0 Å². The number of benzene rings is 1. The molecule has 0 spiro atoms. The Bertz CT molecular complexity index is 672. The normalized spacial score (nSPS) is 9.67. The molecule has 0 aliphatic carbocycles. The van der Waals surface area contributed by atoms with Crippen LogP contribution < -0.4 is 15.2 Å². The fourth-order valence-corrected chi connectivity index (χ4v) is 1.89. The molecule has 0 fully saturated rings. The third kappa shape index (κ3) is 3.98. The summed E-state index contributed by atoms with van der Waals surface area (Å²) in [5.74, 6) is 7.25. The zero-order valence-corrected chi connectivity index (χ0v) is 12.2. The first-order chi connectivity index (χ1) is 10.2. The number of aromatic nitrogens is 1. The quantitative estimate of drug-likeness (QED) is 0.874. The number of pyridine rings is 1. The summed E-state index contributed by atoms with van der Waals surface area (Å²) in [5, 5.41) is 0. The molecule has 4 nitrogen and oxygen atoms in total. The van der Waals surface area contributed by atoms with E-state index >= 15 is 0 Å². The van der Waals surface area contributed by atoms with E-state index in [1.807, 2.05) is 37.3 Å². The van der Waals surface area contributed by atoms with Gasteiger partial charge in [-0.1, -0.05) is 11.8 Å². The van der Waals surface area contributed by atoms with Crippen molar-refractivity contribution in [3.8, 4) is 23.5 Å². The van der Waals surface area contributed by atoms with Crippen molar-refractivity contribution in [2.75, 3.05) is 13.7 Å². The van der Waals surface area contributed by atoms with Crippen LogP contribution in [-0.2, 0) is 6.61 Å². The molecule has 4 heteroatoms. The second kappa shape index (κ2) is 7.32. The highest BCUT2D eigenvalue weighted by Crippen LogP contribution is 2.20. The smallest absolute Gasteiger partial charge is 0.219 e. The molecule has 0 saturated carbocycles. The number of aryl methyl sites for hydroxylation is 1. The minimum absolute atomic E-state index is 0.360. The van der Waals surface area contributed by atoms with Crippen LogP contribution in [0.25, 0.3) is 0 Å².